The van der Waals surface area contributed by atoms with Crippen molar-refractivity contribution in [3.8, 4) is 12.1 Å². The van der Waals surface area contributed by atoms with Crippen LogP contribution in [0.4, 0.5) is 15.1 Å². The zero-order chi connectivity index (χ0) is 16.4. The van der Waals surface area contributed by atoms with Crippen molar-refractivity contribution >= 4 is 22.2 Å². The third-order valence-corrected chi connectivity index (χ3v) is 4.94. The molecule has 0 aliphatic carbocycles. The molecular weight excluding hydrogens is 313 g/mol. The molecule has 0 saturated carbocycles. The molecule has 1 saturated heterocycles. The van der Waals surface area contributed by atoms with Crippen LogP contribution < -0.4 is 9.80 Å². The van der Waals surface area contributed by atoms with Crippen molar-refractivity contribution in [3.05, 3.63) is 40.8 Å². The number of anilines is 2. The summed E-state index contributed by atoms with van der Waals surface area (Å²) < 4.78 is 18.4. The van der Waals surface area contributed by atoms with E-state index >= 15 is 0 Å². The number of halogens is 1. The SMILES string of the molecule is Cc1nsc(N2CCN(c3ccc(C#N)cc3F)CC2)c1C#N. The molecule has 0 N–H and O–H groups in total. The standard InChI is InChI=1S/C16H14FN5S/c1-11-13(10-19)16(23-20-11)22-6-4-21(5-7-22)15-3-2-12(9-18)8-14(15)17/h2-3,8H,4-7H2,1H3. The Balaban J connectivity index is 1.74. The summed E-state index contributed by atoms with van der Waals surface area (Å²) in [7, 11) is 0. The third kappa shape index (κ3) is 2.84. The molecule has 1 aliphatic heterocycles. The van der Waals surface area contributed by atoms with Gasteiger partial charge in [0.15, 0.2) is 0 Å². The molecule has 2 aromatic rings. The molecule has 116 valence electrons. The predicted molar refractivity (Wildman–Crippen MR) is 87.1 cm³/mol. The Morgan fingerprint density at radius 1 is 1.13 bits per heavy atom. The lowest BCUT2D eigenvalue weighted by Crippen LogP contribution is -2.46. The summed E-state index contributed by atoms with van der Waals surface area (Å²) in [5.74, 6) is -0.371. The van der Waals surface area contributed by atoms with Crippen molar-refractivity contribution in [2.24, 2.45) is 0 Å². The number of rotatable bonds is 2. The van der Waals surface area contributed by atoms with Gasteiger partial charge in [-0.1, -0.05) is 0 Å². The highest BCUT2D eigenvalue weighted by Crippen LogP contribution is 2.30. The van der Waals surface area contributed by atoms with Gasteiger partial charge in [-0.2, -0.15) is 14.9 Å². The van der Waals surface area contributed by atoms with Gasteiger partial charge in [0.2, 0.25) is 0 Å². The minimum absolute atomic E-state index is 0.323. The largest absolute Gasteiger partial charge is 0.366 e. The van der Waals surface area contributed by atoms with Gasteiger partial charge in [0.25, 0.3) is 0 Å². The Hall–Kier alpha value is -2.64. The molecular formula is C16H14FN5S. The summed E-state index contributed by atoms with van der Waals surface area (Å²) in [6, 6.07) is 8.70. The van der Waals surface area contributed by atoms with Crippen LogP contribution in [0.1, 0.15) is 16.8 Å². The van der Waals surface area contributed by atoms with Crippen LogP contribution in [0.25, 0.3) is 0 Å². The second-order valence-electron chi connectivity index (χ2n) is 5.31. The van der Waals surface area contributed by atoms with Crippen molar-refractivity contribution < 1.29 is 4.39 Å². The van der Waals surface area contributed by atoms with E-state index < -0.39 is 0 Å². The summed E-state index contributed by atoms with van der Waals surface area (Å²) >= 11 is 1.34. The maximum Gasteiger partial charge on any atom is 0.147 e. The van der Waals surface area contributed by atoms with Crippen LogP contribution in [-0.4, -0.2) is 30.6 Å². The highest BCUT2D eigenvalue weighted by Gasteiger charge is 2.23. The first-order valence-corrected chi connectivity index (χ1v) is 7.97. The van der Waals surface area contributed by atoms with E-state index in [0.717, 1.165) is 10.7 Å². The number of aryl methyl sites for hydroxylation is 1. The second-order valence-corrected chi connectivity index (χ2v) is 6.06. The van der Waals surface area contributed by atoms with Crippen molar-refractivity contribution in [2.45, 2.75) is 6.92 Å². The Labute approximate surface area is 138 Å². The summed E-state index contributed by atoms with van der Waals surface area (Å²) in [6.07, 6.45) is 0. The minimum atomic E-state index is -0.371. The van der Waals surface area contributed by atoms with Crippen LogP contribution in [0, 0.1) is 35.4 Å². The van der Waals surface area contributed by atoms with Gasteiger partial charge in [0, 0.05) is 26.2 Å². The molecule has 5 nitrogen and oxygen atoms in total. The van der Waals surface area contributed by atoms with Crippen LogP contribution in [0.3, 0.4) is 0 Å². The molecule has 2 heterocycles. The highest BCUT2D eigenvalue weighted by molar-refractivity contribution is 7.10. The quantitative estimate of drug-likeness (QED) is 0.848. The smallest absolute Gasteiger partial charge is 0.147 e. The Morgan fingerprint density at radius 2 is 1.83 bits per heavy atom. The van der Waals surface area contributed by atoms with Gasteiger partial charge in [-0.3, -0.25) is 0 Å². The first kappa shape index (κ1) is 15.3. The monoisotopic (exact) mass is 327 g/mol. The number of nitrogens with zero attached hydrogens (tertiary/aromatic N) is 5. The minimum Gasteiger partial charge on any atom is -0.366 e. The lowest BCUT2D eigenvalue weighted by molar-refractivity contribution is 0.598. The Bertz CT molecular complexity index is 809. The van der Waals surface area contributed by atoms with Crippen LogP contribution in [0.15, 0.2) is 18.2 Å². The van der Waals surface area contributed by atoms with Gasteiger partial charge in [-0.15, -0.1) is 0 Å². The Morgan fingerprint density at radius 3 is 2.43 bits per heavy atom. The number of hydrogen-bond donors (Lipinski definition) is 0. The summed E-state index contributed by atoms with van der Waals surface area (Å²) in [4.78, 5) is 4.09. The Kier molecular flexibility index (Phi) is 4.14. The van der Waals surface area contributed by atoms with Gasteiger partial charge in [0.1, 0.15) is 22.5 Å². The van der Waals surface area contributed by atoms with Gasteiger partial charge in [-0.25, -0.2) is 4.39 Å². The lowest BCUT2D eigenvalue weighted by atomic mass is 10.1. The molecule has 0 bridgehead atoms. The van der Waals surface area contributed by atoms with E-state index in [2.05, 4.69) is 15.3 Å². The molecule has 1 aromatic heterocycles. The lowest BCUT2D eigenvalue weighted by Gasteiger charge is -2.36. The van der Waals surface area contributed by atoms with Crippen molar-refractivity contribution in [3.63, 3.8) is 0 Å². The number of hydrogen-bond acceptors (Lipinski definition) is 6. The fourth-order valence-electron chi connectivity index (χ4n) is 2.69. The molecule has 3 rings (SSSR count). The van der Waals surface area contributed by atoms with E-state index in [4.69, 9.17) is 5.26 Å². The molecule has 0 atom stereocenters. The van der Waals surface area contributed by atoms with E-state index in [1.807, 2.05) is 17.9 Å². The molecule has 1 aliphatic rings. The van der Waals surface area contributed by atoms with E-state index in [-0.39, 0.29) is 5.82 Å². The summed E-state index contributed by atoms with van der Waals surface area (Å²) in [5, 5.41) is 18.9. The molecule has 7 heteroatoms. The van der Waals surface area contributed by atoms with Crippen molar-refractivity contribution in [1.29, 1.82) is 10.5 Å². The fraction of sp³-hybridized carbons (Fsp3) is 0.312. The molecule has 0 unspecified atom stereocenters. The van der Waals surface area contributed by atoms with E-state index in [1.165, 1.54) is 17.6 Å². The number of benzene rings is 1. The second kappa shape index (κ2) is 6.23. The number of piperazine rings is 1. The van der Waals surface area contributed by atoms with E-state index in [0.29, 0.717) is 43.0 Å². The first-order valence-electron chi connectivity index (χ1n) is 7.20. The maximum atomic E-state index is 14.1. The van der Waals surface area contributed by atoms with Gasteiger partial charge >= 0.3 is 0 Å². The zero-order valence-corrected chi connectivity index (χ0v) is 13.4. The molecule has 0 radical (unpaired) electrons. The molecule has 0 amide bonds. The third-order valence-electron chi connectivity index (χ3n) is 3.94. The zero-order valence-electron chi connectivity index (χ0n) is 12.6. The van der Waals surface area contributed by atoms with Crippen LogP contribution in [0.5, 0.6) is 0 Å². The number of nitriles is 2. The van der Waals surface area contributed by atoms with Crippen molar-refractivity contribution in [2.75, 3.05) is 36.0 Å². The molecule has 0 spiro atoms. The van der Waals surface area contributed by atoms with Crippen molar-refractivity contribution in [1.82, 2.24) is 4.37 Å². The fourth-order valence-corrected chi connectivity index (χ4v) is 3.58. The first-order chi connectivity index (χ1) is 11.1. The van der Waals surface area contributed by atoms with Crippen LogP contribution >= 0.6 is 11.5 Å². The van der Waals surface area contributed by atoms with Crippen LogP contribution in [-0.2, 0) is 0 Å². The summed E-state index contributed by atoms with van der Waals surface area (Å²) in [6.45, 7) is 4.56. The van der Waals surface area contributed by atoms with Gasteiger partial charge < -0.3 is 9.80 Å². The number of aromatic nitrogens is 1. The summed E-state index contributed by atoms with van der Waals surface area (Å²) in [5.41, 5.74) is 2.23. The maximum absolute atomic E-state index is 14.1. The van der Waals surface area contributed by atoms with Crippen LogP contribution in [0.2, 0.25) is 0 Å². The average molecular weight is 327 g/mol. The van der Waals surface area contributed by atoms with E-state index in [9.17, 15) is 9.65 Å². The van der Waals surface area contributed by atoms with Gasteiger partial charge in [0.05, 0.1) is 23.0 Å². The predicted octanol–water partition coefficient (Wildman–Crippen LogP) is 2.66. The highest BCUT2D eigenvalue weighted by atomic mass is 32.1. The van der Waals surface area contributed by atoms with Gasteiger partial charge in [-0.05, 0) is 36.7 Å². The molecule has 1 fully saturated rings. The van der Waals surface area contributed by atoms with E-state index in [1.54, 1.807) is 12.1 Å². The normalized spacial score (nSPS) is 14.4. The molecule has 1 aromatic carbocycles. The topological polar surface area (TPSA) is 67.0 Å². The average Bonchev–Trinajstić information content (AvgIpc) is 2.95. The molecule has 23 heavy (non-hydrogen) atoms.